The molecule has 3 aromatic rings. The first-order valence-corrected chi connectivity index (χ1v) is 10.9. The van der Waals surface area contributed by atoms with E-state index in [9.17, 15) is 13.2 Å². The maximum absolute atomic E-state index is 12.9. The van der Waals surface area contributed by atoms with Crippen LogP contribution in [-0.2, 0) is 21.4 Å². The first-order valence-electron chi connectivity index (χ1n) is 9.44. The lowest BCUT2D eigenvalue weighted by Crippen LogP contribution is -2.48. The van der Waals surface area contributed by atoms with Gasteiger partial charge in [0.25, 0.3) is 0 Å². The third-order valence-corrected chi connectivity index (χ3v) is 6.94. The van der Waals surface area contributed by atoms with E-state index < -0.39 is 10.0 Å². The van der Waals surface area contributed by atoms with Crippen molar-refractivity contribution in [2.75, 3.05) is 31.5 Å². The summed E-state index contributed by atoms with van der Waals surface area (Å²) in [5, 5.41) is 2.64. The van der Waals surface area contributed by atoms with Crippen molar-refractivity contribution in [1.29, 1.82) is 0 Å². The largest absolute Gasteiger partial charge is 0.326 e. The second kappa shape index (κ2) is 7.94. The van der Waals surface area contributed by atoms with Gasteiger partial charge in [0, 0.05) is 51.5 Å². The maximum Gasteiger partial charge on any atom is 0.243 e. The molecule has 0 saturated carbocycles. The molecule has 0 bridgehead atoms. The van der Waals surface area contributed by atoms with Gasteiger partial charge in [-0.05, 0) is 36.4 Å². The average molecular weight is 414 g/mol. The summed E-state index contributed by atoms with van der Waals surface area (Å²) in [4.78, 5) is 18.0. The summed E-state index contributed by atoms with van der Waals surface area (Å²) in [5.74, 6) is -0.192. The van der Waals surface area contributed by atoms with E-state index in [1.165, 1.54) is 23.4 Å². The monoisotopic (exact) mass is 413 g/mol. The third kappa shape index (κ3) is 4.16. The first kappa shape index (κ1) is 19.6. The molecule has 29 heavy (non-hydrogen) atoms. The summed E-state index contributed by atoms with van der Waals surface area (Å²) in [6, 6.07) is 12.2. The number of nitrogens with zero attached hydrogens (tertiary/aromatic N) is 4. The van der Waals surface area contributed by atoms with Crippen LogP contribution < -0.4 is 5.32 Å². The van der Waals surface area contributed by atoms with E-state index in [0.717, 1.165) is 17.9 Å². The Morgan fingerprint density at radius 1 is 1.07 bits per heavy atom. The van der Waals surface area contributed by atoms with Crippen LogP contribution in [0.5, 0.6) is 0 Å². The molecular formula is C20H23N5O3S. The molecule has 1 aliphatic rings. The number of carbonyl (C=O) groups is 1. The minimum Gasteiger partial charge on any atom is -0.326 e. The van der Waals surface area contributed by atoms with Crippen molar-refractivity contribution in [3.05, 3.63) is 60.6 Å². The highest BCUT2D eigenvalue weighted by molar-refractivity contribution is 7.89. The average Bonchev–Trinajstić information content (AvgIpc) is 3.11. The van der Waals surface area contributed by atoms with Gasteiger partial charge in [-0.15, -0.1) is 0 Å². The Bertz CT molecular complexity index is 1120. The molecule has 3 heterocycles. The Kier molecular flexibility index (Phi) is 5.35. The summed E-state index contributed by atoms with van der Waals surface area (Å²) >= 11 is 0. The van der Waals surface area contributed by atoms with Crippen LogP contribution in [0.3, 0.4) is 0 Å². The highest BCUT2D eigenvalue weighted by Crippen LogP contribution is 2.20. The summed E-state index contributed by atoms with van der Waals surface area (Å²) in [6.45, 7) is 4.33. The Balaban J connectivity index is 1.40. The Morgan fingerprint density at radius 2 is 1.79 bits per heavy atom. The number of rotatable bonds is 5. The molecule has 4 rings (SSSR count). The van der Waals surface area contributed by atoms with Gasteiger partial charge in [-0.1, -0.05) is 6.07 Å². The van der Waals surface area contributed by atoms with E-state index in [-0.39, 0.29) is 10.8 Å². The third-order valence-electron chi connectivity index (χ3n) is 5.02. The fourth-order valence-electron chi connectivity index (χ4n) is 3.52. The molecule has 9 heteroatoms. The SMILES string of the molecule is CC(=O)Nc1ccc(S(=O)(=O)N2CCN(Cc3cnc4ccccn34)CC2)cc1. The normalized spacial score (nSPS) is 16.2. The standard InChI is InChI=1S/C20H23N5O3S/c1-16(26)22-17-5-7-19(8-6-17)29(27,28)24-12-10-23(11-13-24)15-18-14-21-20-4-2-3-9-25(18)20/h2-9,14H,10-13,15H2,1H3,(H,22,26). The van der Waals surface area contributed by atoms with Gasteiger partial charge in [0.2, 0.25) is 15.9 Å². The predicted octanol–water partition coefficient (Wildman–Crippen LogP) is 1.80. The first-order chi connectivity index (χ1) is 13.9. The molecule has 2 aromatic heterocycles. The zero-order valence-electron chi connectivity index (χ0n) is 16.2. The van der Waals surface area contributed by atoms with E-state index >= 15 is 0 Å². The Morgan fingerprint density at radius 3 is 2.48 bits per heavy atom. The van der Waals surface area contributed by atoms with Crippen molar-refractivity contribution in [3.8, 4) is 0 Å². The number of fused-ring (bicyclic) bond motifs is 1. The lowest BCUT2D eigenvalue weighted by atomic mass is 10.3. The van der Waals surface area contributed by atoms with Gasteiger partial charge in [-0.3, -0.25) is 9.69 Å². The second-order valence-corrected chi connectivity index (χ2v) is 9.00. The van der Waals surface area contributed by atoms with Gasteiger partial charge in [-0.2, -0.15) is 4.31 Å². The summed E-state index contributed by atoms with van der Waals surface area (Å²) in [6.07, 6.45) is 3.86. The molecule has 0 spiro atoms. The molecule has 1 aliphatic heterocycles. The Hall–Kier alpha value is -2.75. The van der Waals surface area contributed by atoms with Crippen molar-refractivity contribution < 1.29 is 13.2 Å². The number of aromatic nitrogens is 2. The molecule has 1 N–H and O–H groups in total. The van der Waals surface area contributed by atoms with Crippen molar-refractivity contribution in [1.82, 2.24) is 18.6 Å². The quantitative estimate of drug-likeness (QED) is 0.689. The number of piperazine rings is 1. The van der Waals surface area contributed by atoms with Crippen LogP contribution >= 0.6 is 0 Å². The van der Waals surface area contributed by atoms with Gasteiger partial charge >= 0.3 is 0 Å². The molecule has 0 aliphatic carbocycles. The van der Waals surface area contributed by atoms with Crippen molar-refractivity contribution in [2.24, 2.45) is 0 Å². The van der Waals surface area contributed by atoms with Gasteiger partial charge in [0.15, 0.2) is 0 Å². The lowest BCUT2D eigenvalue weighted by Gasteiger charge is -2.33. The van der Waals surface area contributed by atoms with Crippen LogP contribution in [0.4, 0.5) is 5.69 Å². The topological polar surface area (TPSA) is 87.0 Å². The van der Waals surface area contributed by atoms with Crippen LogP contribution in [-0.4, -0.2) is 59.1 Å². The smallest absolute Gasteiger partial charge is 0.243 e. The maximum atomic E-state index is 12.9. The molecular weight excluding hydrogens is 390 g/mol. The second-order valence-electron chi connectivity index (χ2n) is 7.06. The molecule has 0 unspecified atom stereocenters. The molecule has 152 valence electrons. The van der Waals surface area contributed by atoms with Gasteiger partial charge in [0.1, 0.15) is 5.65 Å². The number of anilines is 1. The van der Waals surface area contributed by atoms with Gasteiger partial charge < -0.3 is 9.72 Å². The summed E-state index contributed by atoms with van der Waals surface area (Å²) in [7, 11) is -3.55. The Labute approximate surface area is 169 Å². The number of amides is 1. The zero-order valence-corrected chi connectivity index (χ0v) is 17.0. The number of hydrogen-bond acceptors (Lipinski definition) is 5. The van der Waals surface area contributed by atoms with Gasteiger partial charge in [-0.25, -0.2) is 13.4 Å². The zero-order chi connectivity index (χ0) is 20.4. The molecule has 0 atom stereocenters. The number of benzene rings is 1. The van der Waals surface area contributed by atoms with Crippen molar-refractivity contribution >= 4 is 27.3 Å². The summed E-state index contributed by atoms with van der Waals surface area (Å²) < 4.78 is 29.4. The van der Waals surface area contributed by atoms with E-state index in [4.69, 9.17) is 0 Å². The fourth-order valence-corrected chi connectivity index (χ4v) is 4.94. The number of nitrogens with one attached hydrogen (secondary N) is 1. The number of pyridine rings is 1. The van der Waals surface area contributed by atoms with Crippen molar-refractivity contribution in [2.45, 2.75) is 18.4 Å². The number of sulfonamides is 1. The van der Waals surface area contributed by atoms with E-state index in [0.29, 0.717) is 31.9 Å². The summed E-state index contributed by atoms with van der Waals surface area (Å²) in [5.41, 5.74) is 2.58. The highest BCUT2D eigenvalue weighted by Gasteiger charge is 2.28. The molecule has 1 saturated heterocycles. The number of carbonyl (C=O) groups excluding carboxylic acids is 1. The van der Waals surface area contributed by atoms with Crippen molar-refractivity contribution in [3.63, 3.8) is 0 Å². The molecule has 1 amide bonds. The lowest BCUT2D eigenvalue weighted by molar-refractivity contribution is -0.114. The molecule has 1 fully saturated rings. The molecule has 1 aromatic carbocycles. The minimum atomic E-state index is -3.55. The predicted molar refractivity (Wildman–Crippen MR) is 110 cm³/mol. The number of imidazole rings is 1. The van der Waals surface area contributed by atoms with Crippen LogP contribution in [0, 0.1) is 0 Å². The molecule has 0 radical (unpaired) electrons. The van der Waals surface area contributed by atoms with Crippen LogP contribution in [0.25, 0.3) is 5.65 Å². The van der Waals surface area contributed by atoms with E-state index in [2.05, 4.69) is 19.6 Å². The van der Waals surface area contributed by atoms with Crippen LogP contribution in [0.15, 0.2) is 59.8 Å². The molecule has 8 nitrogen and oxygen atoms in total. The van der Waals surface area contributed by atoms with Gasteiger partial charge in [0.05, 0.1) is 16.8 Å². The van der Waals surface area contributed by atoms with E-state index in [1.807, 2.05) is 30.6 Å². The minimum absolute atomic E-state index is 0.192. The number of hydrogen-bond donors (Lipinski definition) is 1. The van der Waals surface area contributed by atoms with Crippen LogP contribution in [0.1, 0.15) is 12.6 Å². The fraction of sp³-hybridized carbons (Fsp3) is 0.300. The van der Waals surface area contributed by atoms with Crippen LogP contribution in [0.2, 0.25) is 0 Å². The highest BCUT2D eigenvalue weighted by atomic mass is 32.2. The van der Waals surface area contributed by atoms with E-state index in [1.54, 1.807) is 12.1 Å².